The molecule has 0 spiro atoms. The number of benzene rings is 2. The third-order valence-corrected chi connectivity index (χ3v) is 4.79. The SMILES string of the molecule is C[C@H](CC/C=C/C(=O)O)[C@@H](OC(=O)Nc1ccccc1)c1cc(I)ccc1O. The highest BCUT2D eigenvalue weighted by Gasteiger charge is 2.26. The second-order valence-corrected chi connectivity index (χ2v) is 7.56. The summed E-state index contributed by atoms with van der Waals surface area (Å²) in [6.07, 6.45) is 2.44. The number of phenolic OH excluding ortho intramolecular Hbond substituents is 1. The molecular weight excluding hydrogens is 473 g/mol. The Morgan fingerprint density at radius 3 is 2.61 bits per heavy atom. The molecule has 0 fully saturated rings. The number of aliphatic carboxylic acids is 1. The molecule has 0 aromatic heterocycles. The fourth-order valence-electron chi connectivity index (χ4n) is 2.72. The summed E-state index contributed by atoms with van der Waals surface area (Å²) in [6.45, 7) is 1.90. The summed E-state index contributed by atoms with van der Waals surface area (Å²) in [5.41, 5.74) is 1.12. The highest BCUT2D eigenvalue weighted by molar-refractivity contribution is 14.1. The third-order valence-electron chi connectivity index (χ3n) is 4.12. The molecule has 28 heavy (non-hydrogen) atoms. The van der Waals surface area contributed by atoms with Crippen LogP contribution in [0.3, 0.4) is 0 Å². The van der Waals surface area contributed by atoms with E-state index in [1.54, 1.807) is 48.5 Å². The number of carbonyl (C=O) groups excluding carboxylic acids is 1. The predicted molar refractivity (Wildman–Crippen MR) is 115 cm³/mol. The first-order valence-corrected chi connectivity index (χ1v) is 9.85. The number of halogens is 1. The Bertz CT molecular complexity index is 838. The number of anilines is 1. The molecule has 0 radical (unpaired) electrons. The van der Waals surface area contributed by atoms with Gasteiger partial charge in [0.05, 0.1) is 0 Å². The normalized spacial score (nSPS) is 13.1. The van der Waals surface area contributed by atoms with Crippen molar-refractivity contribution in [1.29, 1.82) is 0 Å². The van der Waals surface area contributed by atoms with Gasteiger partial charge in [0.15, 0.2) is 0 Å². The van der Waals surface area contributed by atoms with Crippen LogP contribution in [0.2, 0.25) is 0 Å². The number of amides is 1. The zero-order valence-corrected chi connectivity index (χ0v) is 17.5. The Morgan fingerprint density at radius 1 is 1.21 bits per heavy atom. The number of aromatic hydroxyl groups is 1. The van der Waals surface area contributed by atoms with Gasteiger partial charge in [0.25, 0.3) is 0 Å². The summed E-state index contributed by atoms with van der Waals surface area (Å²) >= 11 is 2.13. The first-order valence-electron chi connectivity index (χ1n) is 8.77. The maximum Gasteiger partial charge on any atom is 0.412 e. The van der Waals surface area contributed by atoms with Crippen LogP contribution in [0, 0.1) is 9.49 Å². The molecule has 0 heterocycles. The number of carboxylic acids is 1. The number of hydrogen-bond acceptors (Lipinski definition) is 4. The van der Waals surface area contributed by atoms with Gasteiger partial charge in [0.1, 0.15) is 11.9 Å². The average Bonchev–Trinajstić information content (AvgIpc) is 2.66. The third kappa shape index (κ3) is 6.88. The van der Waals surface area contributed by atoms with Gasteiger partial charge in [0, 0.05) is 20.9 Å². The largest absolute Gasteiger partial charge is 0.508 e. The van der Waals surface area contributed by atoms with Gasteiger partial charge in [-0.25, -0.2) is 9.59 Å². The number of carbonyl (C=O) groups is 2. The molecule has 0 aliphatic heterocycles. The molecule has 2 aromatic rings. The van der Waals surface area contributed by atoms with Crippen LogP contribution in [0.25, 0.3) is 0 Å². The standard InChI is InChI=1S/C21H22INO5/c1-14(7-5-6-10-19(25)26)20(17-13-15(22)11-12-18(17)24)28-21(27)23-16-8-3-2-4-9-16/h2-4,6,8-14,20,24H,5,7H2,1H3,(H,23,27)(H,25,26)/b10-6+/t14-,20-/m1/s1. The van der Waals surface area contributed by atoms with Crippen molar-refractivity contribution in [1.82, 2.24) is 0 Å². The van der Waals surface area contributed by atoms with Gasteiger partial charge in [0.2, 0.25) is 0 Å². The van der Waals surface area contributed by atoms with Crippen LogP contribution in [0.5, 0.6) is 5.75 Å². The number of nitrogens with one attached hydrogen (secondary N) is 1. The van der Waals surface area contributed by atoms with Gasteiger partial charge in [-0.15, -0.1) is 0 Å². The lowest BCUT2D eigenvalue weighted by Crippen LogP contribution is -2.22. The zero-order chi connectivity index (χ0) is 20.5. The topological polar surface area (TPSA) is 95.9 Å². The van der Waals surface area contributed by atoms with Crippen LogP contribution in [0.4, 0.5) is 10.5 Å². The summed E-state index contributed by atoms with van der Waals surface area (Å²) in [6, 6.07) is 14.1. The molecule has 0 aliphatic carbocycles. The Hall–Kier alpha value is -2.55. The van der Waals surface area contributed by atoms with Crippen molar-refractivity contribution in [2.45, 2.75) is 25.9 Å². The van der Waals surface area contributed by atoms with E-state index in [1.807, 2.05) is 13.0 Å². The number of hydrogen-bond donors (Lipinski definition) is 3. The Balaban J connectivity index is 2.16. The fraction of sp³-hybridized carbons (Fsp3) is 0.238. The quantitative estimate of drug-likeness (QED) is 0.339. The summed E-state index contributed by atoms with van der Waals surface area (Å²) in [7, 11) is 0. The van der Waals surface area contributed by atoms with Crippen LogP contribution >= 0.6 is 22.6 Å². The first-order chi connectivity index (χ1) is 13.4. The maximum absolute atomic E-state index is 12.4. The Labute approximate surface area is 177 Å². The van der Waals surface area contributed by atoms with Gasteiger partial charge >= 0.3 is 12.1 Å². The van der Waals surface area contributed by atoms with Crippen molar-refractivity contribution in [3.63, 3.8) is 0 Å². The molecule has 0 bridgehead atoms. The van der Waals surface area contributed by atoms with E-state index < -0.39 is 18.2 Å². The Morgan fingerprint density at radius 2 is 1.93 bits per heavy atom. The lowest BCUT2D eigenvalue weighted by molar-refractivity contribution is -0.131. The van der Waals surface area contributed by atoms with E-state index in [9.17, 15) is 14.7 Å². The van der Waals surface area contributed by atoms with Crippen molar-refractivity contribution in [3.8, 4) is 5.75 Å². The van der Waals surface area contributed by atoms with E-state index in [1.165, 1.54) is 0 Å². The highest BCUT2D eigenvalue weighted by Crippen LogP contribution is 2.36. The van der Waals surface area contributed by atoms with E-state index in [0.717, 1.165) is 9.65 Å². The summed E-state index contributed by atoms with van der Waals surface area (Å²) in [5.74, 6) is -1.10. The molecule has 2 aromatic carbocycles. The van der Waals surface area contributed by atoms with Crippen LogP contribution in [0.15, 0.2) is 60.7 Å². The summed E-state index contributed by atoms with van der Waals surface area (Å²) in [4.78, 5) is 23.0. The van der Waals surface area contributed by atoms with E-state index in [4.69, 9.17) is 9.84 Å². The molecule has 0 unspecified atom stereocenters. The monoisotopic (exact) mass is 495 g/mol. The first kappa shape index (κ1) is 21.7. The zero-order valence-electron chi connectivity index (χ0n) is 15.3. The number of allylic oxidation sites excluding steroid dienone is 1. The van der Waals surface area contributed by atoms with Gasteiger partial charge < -0.3 is 14.9 Å². The maximum atomic E-state index is 12.4. The van der Waals surface area contributed by atoms with Gasteiger partial charge in [-0.2, -0.15) is 0 Å². The molecule has 1 amide bonds. The van der Waals surface area contributed by atoms with Crippen LogP contribution in [-0.2, 0) is 9.53 Å². The second-order valence-electron chi connectivity index (χ2n) is 6.32. The van der Waals surface area contributed by atoms with E-state index in [-0.39, 0.29) is 11.7 Å². The van der Waals surface area contributed by atoms with Gasteiger partial charge in [-0.3, -0.25) is 5.32 Å². The smallest absolute Gasteiger partial charge is 0.412 e. The molecule has 0 aliphatic rings. The van der Waals surface area contributed by atoms with Crippen LogP contribution in [0.1, 0.15) is 31.4 Å². The number of para-hydroxylation sites is 1. The fourth-order valence-corrected chi connectivity index (χ4v) is 3.23. The molecular formula is C21H22INO5. The highest BCUT2D eigenvalue weighted by atomic mass is 127. The summed E-state index contributed by atoms with van der Waals surface area (Å²) < 4.78 is 6.57. The lowest BCUT2D eigenvalue weighted by Gasteiger charge is -2.25. The van der Waals surface area contributed by atoms with Crippen molar-refractivity contribution >= 4 is 40.3 Å². The molecule has 0 saturated carbocycles. The van der Waals surface area contributed by atoms with Crippen molar-refractivity contribution in [2.75, 3.05) is 5.32 Å². The van der Waals surface area contributed by atoms with E-state index in [2.05, 4.69) is 27.9 Å². The minimum absolute atomic E-state index is 0.0471. The molecule has 0 saturated heterocycles. The number of carboxylic acid groups (broad SMARTS) is 1. The second kappa shape index (κ2) is 10.7. The molecule has 2 atom stereocenters. The summed E-state index contributed by atoms with van der Waals surface area (Å²) in [5, 5.41) is 21.7. The van der Waals surface area contributed by atoms with Crippen LogP contribution in [-0.4, -0.2) is 22.3 Å². The van der Waals surface area contributed by atoms with Crippen LogP contribution < -0.4 is 5.32 Å². The molecule has 3 N–H and O–H groups in total. The van der Waals surface area contributed by atoms with Crippen molar-refractivity contribution < 1.29 is 24.5 Å². The lowest BCUT2D eigenvalue weighted by atomic mass is 9.92. The molecule has 7 heteroatoms. The Kier molecular flexibility index (Phi) is 8.31. The minimum Gasteiger partial charge on any atom is -0.508 e. The number of phenols is 1. The number of rotatable bonds is 8. The minimum atomic E-state index is -1.00. The average molecular weight is 495 g/mol. The van der Waals surface area contributed by atoms with Gasteiger partial charge in [-0.05, 0) is 71.7 Å². The predicted octanol–water partition coefficient (Wildman–Crippen LogP) is 5.34. The molecule has 2 rings (SSSR count). The van der Waals surface area contributed by atoms with E-state index >= 15 is 0 Å². The van der Waals surface area contributed by atoms with Gasteiger partial charge in [-0.1, -0.05) is 31.2 Å². The molecule has 6 nitrogen and oxygen atoms in total. The molecule has 148 valence electrons. The van der Waals surface area contributed by atoms with Crippen molar-refractivity contribution in [3.05, 3.63) is 69.8 Å². The van der Waals surface area contributed by atoms with Crippen molar-refractivity contribution in [2.24, 2.45) is 5.92 Å². The number of ether oxygens (including phenoxy) is 1. The van der Waals surface area contributed by atoms with E-state index in [0.29, 0.717) is 24.1 Å².